The standard InChI is InChI=1S/C19H21Cl2N3O2/c20-14-2-1-13(18(21)11-14)12-23-19(25)24-9-7-17(8-10-24)26-16-5-3-15(22)4-6-16/h1-6,11,17H,7-10,12,22H2,(H,23,25). The molecule has 0 unspecified atom stereocenters. The van der Waals surface area contributed by atoms with Gasteiger partial charge in [0, 0.05) is 48.2 Å². The summed E-state index contributed by atoms with van der Waals surface area (Å²) in [5.74, 6) is 0.805. The number of likely N-dealkylation sites (tertiary alicyclic amines) is 1. The molecular weight excluding hydrogens is 373 g/mol. The van der Waals surface area contributed by atoms with Crippen molar-refractivity contribution in [2.24, 2.45) is 0 Å². The lowest BCUT2D eigenvalue weighted by molar-refractivity contribution is 0.111. The molecule has 1 saturated heterocycles. The summed E-state index contributed by atoms with van der Waals surface area (Å²) < 4.78 is 5.95. The maximum atomic E-state index is 12.3. The molecule has 1 aliphatic rings. The van der Waals surface area contributed by atoms with Crippen LogP contribution in [0.2, 0.25) is 10.0 Å². The number of carbonyl (C=O) groups excluding carboxylic acids is 1. The Morgan fingerprint density at radius 2 is 1.85 bits per heavy atom. The number of halogens is 2. The molecule has 0 saturated carbocycles. The van der Waals surface area contributed by atoms with Gasteiger partial charge in [-0.25, -0.2) is 4.79 Å². The number of hydrogen-bond acceptors (Lipinski definition) is 3. The van der Waals surface area contributed by atoms with Crippen molar-refractivity contribution in [1.82, 2.24) is 10.2 Å². The fraction of sp³-hybridized carbons (Fsp3) is 0.316. The number of urea groups is 1. The zero-order valence-electron chi connectivity index (χ0n) is 14.3. The highest BCUT2D eigenvalue weighted by Crippen LogP contribution is 2.22. The van der Waals surface area contributed by atoms with Gasteiger partial charge >= 0.3 is 6.03 Å². The van der Waals surface area contributed by atoms with E-state index in [1.54, 1.807) is 17.0 Å². The summed E-state index contributed by atoms with van der Waals surface area (Å²) in [6.07, 6.45) is 1.69. The van der Waals surface area contributed by atoms with Gasteiger partial charge in [0.2, 0.25) is 0 Å². The first-order chi connectivity index (χ1) is 12.5. The molecule has 2 aromatic carbocycles. The van der Waals surface area contributed by atoms with E-state index in [0.29, 0.717) is 35.4 Å². The number of nitrogen functional groups attached to an aromatic ring is 1. The second-order valence-corrected chi connectivity index (χ2v) is 7.11. The zero-order valence-corrected chi connectivity index (χ0v) is 15.8. The number of anilines is 1. The third-order valence-electron chi connectivity index (χ3n) is 4.36. The van der Waals surface area contributed by atoms with Gasteiger partial charge in [-0.05, 0) is 42.0 Å². The van der Waals surface area contributed by atoms with Crippen LogP contribution in [0.1, 0.15) is 18.4 Å². The van der Waals surface area contributed by atoms with E-state index in [4.69, 9.17) is 33.7 Å². The first-order valence-corrected chi connectivity index (χ1v) is 9.26. The maximum Gasteiger partial charge on any atom is 0.317 e. The number of hydrogen-bond donors (Lipinski definition) is 2. The van der Waals surface area contributed by atoms with Gasteiger partial charge in [0.15, 0.2) is 0 Å². The van der Waals surface area contributed by atoms with Crippen molar-refractivity contribution in [3.05, 3.63) is 58.1 Å². The Kier molecular flexibility index (Phi) is 6.12. The molecule has 7 heteroatoms. The molecule has 3 rings (SSSR count). The van der Waals surface area contributed by atoms with Gasteiger partial charge < -0.3 is 20.7 Å². The summed E-state index contributed by atoms with van der Waals surface area (Å²) in [4.78, 5) is 14.1. The van der Waals surface area contributed by atoms with Crippen molar-refractivity contribution in [1.29, 1.82) is 0 Å². The second kappa shape index (κ2) is 8.52. The molecule has 0 aliphatic carbocycles. The quantitative estimate of drug-likeness (QED) is 0.759. The predicted molar refractivity (Wildman–Crippen MR) is 105 cm³/mol. The minimum Gasteiger partial charge on any atom is -0.490 e. The molecule has 1 aliphatic heterocycles. The van der Waals surface area contributed by atoms with Crippen LogP contribution in [0.4, 0.5) is 10.5 Å². The van der Waals surface area contributed by atoms with E-state index in [1.165, 1.54) is 0 Å². The van der Waals surface area contributed by atoms with Crippen molar-refractivity contribution in [3.8, 4) is 5.75 Å². The minimum atomic E-state index is -0.0954. The first-order valence-electron chi connectivity index (χ1n) is 8.50. The van der Waals surface area contributed by atoms with Gasteiger partial charge in [-0.15, -0.1) is 0 Å². The van der Waals surface area contributed by atoms with E-state index in [-0.39, 0.29) is 12.1 Å². The summed E-state index contributed by atoms with van der Waals surface area (Å²) in [6.45, 7) is 1.68. The summed E-state index contributed by atoms with van der Waals surface area (Å²) >= 11 is 12.0. The third kappa shape index (κ3) is 4.96. The number of amides is 2. The van der Waals surface area contributed by atoms with Gasteiger partial charge in [0.05, 0.1) is 0 Å². The average molecular weight is 394 g/mol. The average Bonchev–Trinajstić information content (AvgIpc) is 2.63. The number of ether oxygens (including phenoxy) is 1. The van der Waals surface area contributed by atoms with Crippen LogP contribution in [0.5, 0.6) is 5.75 Å². The van der Waals surface area contributed by atoms with Gasteiger partial charge in [-0.1, -0.05) is 29.3 Å². The molecule has 0 aromatic heterocycles. The molecule has 1 heterocycles. The summed E-state index contributed by atoms with van der Waals surface area (Å²) in [7, 11) is 0. The number of carbonyl (C=O) groups is 1. The minimum absolute atomic E-state index is 0.0954. The number of piperidine rings is 1. The predicted octanol–water partition coefficient (Wildman–Crippen LogP) is 4.33. The highest BCUT2D eigenvalue weighted by atomic mass is 35.5. The van der Waals surface area contributed by atoms with E-state index in [1.807, 2.05) is 30.3 Å². The number of rotatable bonds is 4. The van der Waals surface area contributed by atoms with Gasteiger partial charge in [0.25, 0.3) is 0 Å². The largest absolute Gasteiger partial charge is 0.490 e. The van der Waals surface area contributed by atoms with Crippen LogP contribution in [-0.2, 0) is 6.54 Å². The lowest BCUT2D eigenvalue weighted by Crippen LogP contribution is -2.46. The molecular formula is C19H21Cl2N3O2. The van der Waals surface area contributed by atoms with Crippen LogP contribution in [0, 0.1) is 0 Å². The zero-order chi connectivity index (χ0) is 18.5. The van der Waals surface area contributed by atoms with E-state index < -0.39 is 0 Å². The molecule has 0 radical (unpaired) electrons. The molecule has 138 valence electrons. The SMILES string of the molecule is Nc1ccc(OC2CCN(C(=O)NCc3ccc(Cl)cc3Cl)CC2)cc1. The van der Waals surface area contributed by atoms with Crippen LogP contribution >= 0.6 is 23.2 Å². The fourth-order valence-corrected chi connectivity index (χ4v) is 3.34. The van der Waals surface area contributed by atoms with Crippen molar-refractivity contribution in [3.63, 3.8) is 0 Å². The molecule has 0 bridgehead atoms. The third-order valence-corrected chi connectivity index (χ3v) is 4.94. The van der Waals surface area contributed by atoms with Gasteiger partial charge in [0.1, 0.15) is 11.9 Å². The Bertz CT molecular complexity index is 760. The van der Waals surface area contributed by atoms with Crippen LogP contribution < -0.4 is 15.8 Å². The molecule has 3 N–H and O–H groups in total. The van der Waals surface area contributed by atoms with E-state index in [9.17, 15) is 4.79 Å². The Morgan fingerprint density at radius 1 is 1.15 bits per heavy atom. The summed E-state index contributed by atoms with van der Waals surface area (Å²) in [5.41, 5.74) is 7.23. The number of nitrogens with zero attached hydrogens (tertiary/aromatic N) is 1. The smallest absolute Gasteiger partial charge is 0.317 e. The second-order valence-electron chi connectivity index (χ2n) is 6.27. The van der Waals surface area contributed by atoms with Crippen molar-refractivity contribution in [2.45, 2.75) is 25.5 Å². The number of benzene rings is 2. The molecule has 1 fully saturated rings. The van der Waals surface area contributed by atoms with Gasteiger partial charge in [-0.2, -0.15) is 0 Å². The first kappa shape index (κ1) is 18.7. The highest BCUT2D eigenvalue weighted by Gasteiger charge is 2.23. The molecule has 0 spiro atoms. The fourth-order valence-electron chi connectivity index (χ4n) is 2.86. The van der Waals surface area contributed by atoms with Crippen LogP contribution in [0.15, 0.2) is 42.5 Å². The highest BCUT2D eigenvalue weighted by molar-refractivity contribution is 6.35. The molecule has 26 heavy (non-hydrogen) atoms. The molecule has 5 nitrogen and oxygen atoms in total. The Balaban J connectivity index is 1.45. The van der Waals surface area contributed by atoms with E-state index in [0.717, 1.165) is 24.2 Å². The molecule has 2 aromatic rings. The van der Waals surface area contributed by atoms with E-state index in [2.05, 4.69) is 5.32 Å². The lowest BCUT2D eigenvalue weighted by atomic mass is 10.1. The molecule has 0 atom stereocenters. The van der Waals surface area contributed by atoms with Crippen LogP contribution in [0.25, 0.3) is 0 Å². The number of nitrogens with one attached hydrogen (secondary N) is 1. The van der Waals surface area contributed by atoms with Crippen LogP contribution in [-0.4, -0.2) is 30.1 Å². The van der Waals surface area contributed by atoms with Crippen LogP contribution in [0.3, 0.4) is 0 Å². The number of nitrogens with two attached hydrogens (primary N) is 1. The van der Waals surface area contributed by atoms with Crippen molar-refractivity contribution < 1.29 is 9.53 Å². The summed E-state index contributed by atoms with van der Waals surface area (Å²) in [6, 6.07) is 12.5. The molecule has 2 amide bonds. The maximum absolute atomic E-state index is 12.3. The van der Waals surface area contributed by atoms with Crippen molar-refractivity contribution >= 4 is 34.9 Å². The Hall–Kier alpha value is -2.11. The topological polar surface area (TPSA) is 67.6 Å². The van der Waals surface area contributed by atoms with Gasteiger partial charge in [-0.3, -0.25) is 0 Å². The van der Waals surface area contributed by atoms with E-state index >= 15 is 0 Å². The lowest BCUT2D eigenvalue weighted by Gasteiger charge is -2.32. The van der Waals surface area contributed by atoms with Crippen molar-refractivity contribution in [2.75, 3.05) is 18.8 Å². The Morgan fingerprint density at radius 3 is 2.50 bits per heavy atom. The normalized spacial score (nSPS) is 14.9. The summed E-state index contributed by atoms with van der Waals surface area (Å²) in [5, 5.41) is 4.03. The Labute approximate surface area is 163 Å². The monoisotopic (exact) mass is 393 g/mol.